The highest BCUT2D eigenvalue weighted by molar-refractivity contribution is 6.31. The number of ether oxygens (including phenoxy) is 1. The first-order valence-electron chi connectivity index (χ1n) is 6.68. The Morgan fingerprint density at radius 2 is 2.20 bits per heavy atom. The van der Waals surface area contributed by atoms with Gasteiger partial charge in [-0.15, -0.1) is 0 Å². The molecule has 0 radical (unpaired) electrons. The third kappa shape index (κ3) is 3.82. The number of imidazole rings is 1. The number of aromatic nitrogens is 2. The summed E-state index contributed by atoms with van der Waals surface area (Å²) in [7, 11) is 1.71. The average molecular weight is 294 g/mol. The third-order valence-electron chi connectivity index (χ3n) is 3.19. The second-order valence-corrected chi connectivity index (χ2v) is 5.09. The van der Waals surface area contributed by atoms with Crippen LogP contribution in [0.1, 0.15) is 5.56 Å². The monoisotopic (exact) mass is 293 g/mol. The van der Waals surface area contributed by atoms with Gasteiger partial charge < -0.3 is 14.6 Å². The molecule has 5 heteroatoms. The highest BCUT2D eigenvalue weighted by Crippen LogP contribution is 2.24. The van der Waals surface area contributed by atoms with Crippen LogP contribution in [-0.4, -0.2) is 36.4 Å². The molecule has 0 aliphatic heterocycles. The van der Waals surface area contributed by atoms with Crippen LogP contribution in [0.2, 0.25) is 5.02 Å². The molecule has 1 aromatic carbocycles. The number of rotatable bonds is 7. The van der Waals surface area contributed by atoms with Crippen molar-refractivity contribution in [2.75, 3.05) is 26.8 Å². The van der Waals surface area contributed by atoms with Crippen molar-refractivity contribution in [1.29, 1.82) is 0 Å². The van der Waals surface area contributed by atoms with Crippen molar-refractivity contribution in [3.05, 3.63) is 41.3 Å². The number of hydrogen-bond donors (Lipinski definition) is 1. The van der Waals surface area contributed by atoms with Crippen molar-refractivity contribution in [3.63, 3.8) is 0 Å². The van der Waals surface area contributed by atoms with Crippen LogP contribution in [-0.2, 0) is 11.3 Å². The van der Waals surface area contributed by atoms with Gasteiger partial charge in [-0.3, -0.25) is 0 Å². The van der Waals surface area contributed by atoms with Crippen LogP contribution in [0.4, 0.5) is 0 Å². The zero-order valence-electron chi connectivity index (χ0n) is 11.9. The van der Waals surface area contributed by atoms with Gasteiger partial charge in [0.1, 0.15) is 0 Å². The van der Waals surface area contributed by atoms with Gasteiger partial charge in [0.05, 0.1) is 24.8 Å². The molecule has 1 aromatic heterocycles. The van der Waals surface area contributed by atoms with Gasteiger partial charge in [0.15, 0.2) is 0 Å². The van der Waals surface area contributed by atoms with Crippen molar-refractivity contribution in [3.8, 4) is 11.3 Å². The van der Waals surface area contributed by atoms with E-state index in [2.05, 4.69) is 20.9 Å². The lowest BCUT2D eigenvalue weighted by Gasteiger charge is -2.10. The van der Waals surface area contributed by atoms with Crippen LogP contribution in [0.15, 0.2) is 30.7 Å². The van der Waals surface area contributed by atoms with E-state index in [1.54, 1.807) is 7.11 Å². The maximum Gasteiger partial charge on any atom is 0.0951 e. The molecule has 20 heavy (non-hydrogen) atoms. The Bertz CT molecular complexity index is 554. The normalized spacial score (nSPS) is 10.9. The fourth-order valence-corrected chi connectivity index (χ4v) is 2.17. The van der Waals surface area contributed by atoms with Crippen LogP contribution in [0.25, 0.3) is 11.3 Å². The first kappa shape index (κ1) is 15.0. The summed E-state index contributed by atoms with van der Waals surface area (Å²) >= 11 is 6.19. The molecule has 0 atom stereocenters. The van der Waals surface area contributed by atoms with E-state index in [1.165, 1.54) is 0 Å². The summed E-state index contributed by atoms with van der Waals surface area (Å²) in [5.41, 5.74) is 3.26. The summed E-state index contributed by atoms with van der Waals surface area (Å²) in [5.74, 6) is 0. The standard InChI is InChI=1S/C15H20ClN3O/c1-12-3-4-13(9-14(12)16)15-10-18-11-19(15)7-5-17-6-8-20-2/h3-4,9-11,17H,5-8H2,1-2H3. The summed E-state index contributed by atoms with van der Waals surface area (Å²) in [6.45, 7) is 5.33. The van der Waals surface area contributed by atoms with E-state index in [4.69, 9.17) is 16.3 Å². The molecule has 1 N–H and O–H groups in total. The minimum Gasteiger partial charge on any atom is -0.383 e. The van der Waals surface area contributed by atoms with E-state index in [1.807, 2.05) is 31.6 Å². The van der Waals surface area contributed by atoms with Gasteiger partial charge in [-0.05, 0) is 18.6 Å². The second-order valence-electron chi connectivity index (χ2n) is 4.68. The van der Waals surface area contributed by atoms with Crippen LogP contribution < -0.4 is 5.32 Å². The molecule has 0 amide bonds. The van der Waals surface area contributed by atoms with Crippen molar-refractivity contribution in [1.82, 2.24) is 14.9 Å². The molecule has 0 bridgehead atoms. The molecule has 0 spiro atoms. The third-order valence-corrected chi connectivity index (χ3v) is 3.60. The molecule has 4 nitrogen and oxygen atoms in total. The number of nitrogens with one attached hydrogen (secondary N) is 1. The molecule has 2 aromatic rings. The molecule has 0 fully saturated rings. The molecule has 0 saturated carbocycles. The van der Waals surface area contributed by atoms with Crippen LogP contribution in [0, 0.1) is 6.92 Å². The van der Waals surface area contributed by atoms with Crippen molar-refractivity contribution >= 4 is 11.6 Å². The van der Waals surface area contributed by atoms with Crippen molar-refractivity contribution in [2.45, 2.75) is 13.5 Å². The Morgan fingerprint density at radius 1 is 1.35 bits per heavy atom. The van der Waals surface area contributed by atoms with E-state index < -0.39 is 0 Å². The van der Waals surface area contributed by atoms with Gasteiger partial charge in [0, 0.05) is 37.3 Å². The lowest BCUT2D eigenvalue weighted by Crippen LogP contribution is -2.23. The van der Waals surface area contributed by atoms with Gasteiger partial charge in [-0.2, -0.15) is 0 Å². The molecule has 0 unspecified atom stereocenters. The smallest absolute Gasteiger partial charge is 0.0951 e. The largest absolute Gasteiger partial charge is 0.383 e. The fourth-order valence-electron chi connectivity index (χ4n) is 1.99. The minimum atomic E-state index is 0.727. The number of halogens is 1. The quantitative estimate of drug-likeness (QED) is 0.798. The number of benzene rings is 1. The molecular weight excluding hydrogens is 274 g/mol. The lowest BCUT2D eigenvalue weighted by molar-refractivity contribution is 0.199. The Hall–Kier alpha value is -1.36. The van der Waals surface area contributed by atoms with Crippen LogP contribution in [0.3, 0.4) is 0 Å². The summed E-state index contributed by atoms with van der Waals surface area (Å²) in [6.07, 6.45) is 3.72. The average Bonchev–Trinajstić information content (AvgIpc) is 2.90. The van der Waals surface area contributed by atoms with Crippen molar-refractivity contribution < 1.29 is 4.74 Å². The predicted molar refractivity (Wildman–Crippen MR) is 82.2 cm³/mol. The van der Waals surface area contributed by atoms with E-state index in [9.17, 15) is 0 Å². The maximum absolute atomic E-state index is 6.19. The molecule has 1 heterocycles. The predicted octanol–water partition coefficient (Wildman–Crippen LogP) is 2.75. The van der Waals surface area contributed by atoms with Gasteiger partial charge >= 0.3 is 0 Å². The molecule has 0 saturated heterocycles. The van der Waals surface area contributed by atoms with Gasteiger partial charge in [0.2, 0.25) is 0 Å². The van der Waals surface area contributed by atoms with Crippen LogP contribution in [0.5, 0.6) is 0 Å². The Balaban J connectivity index is 2.02. The van der Waals surface area contributed by atoms with Crippen molar-refractivity contribution in [2.24, 2.45) is 0 Å². The van der Waals surface area contributed by atoms with E-state index in [0.29, 0.717) is 0 Å². The second kappa shape index (κ2) is 7.43. The van der Waals surface area contributed by atoms with Gasteiger partial charge in [-0.25, -0.2) is 4.98 Å². The zero-order chi connectivity index (χ0) is 14.4. The van der Waals surface area contributed by atoms with E-state index in [-0.39, 0.29) is 0 Å². The first-order chi connectivity index (χ1) is 9.72. The number of aryl methyl sites for hydroxylation is 1. The van der Waals surface area contributed by atoms with Gasteiger partial charge in [-0.1, -0.05) is 23.7 Å². The molecule has 0 aliphatic rings. The Labute approximate surface area is 124 Å². The van der Waals surface area contributed by atoms with Gasteiger partial charge in [0.25, 0.3) is 0 Å². The first-order valence-corrected chi connectivity index (χ1v) is 7.06. The molecular formula is C15H20ClN3O. The summed E-state index contributed by atoms with van der Waals surface area (Å²) in [4.78, 5) is 4.23. The molecule has 2 rings (SSSR count). The molecule has 0 aliphatic carbocycles. The molecule has 108 valence electrons. The highest BCUT2D eigenvalue weighted by atomic mass is 35.5. The number of methoxy groups -OCH3 is 1. The summed E-state index contributed by atoms with van der Waals surface area (Å²) < 4.78 is 7.13. The lowest BCUT2D eigenvalue weighted by atomic mass is 10.1. The van der Waals surface area contributed by atoms with Crippen LogP contribution >= 0.6 is 11.6 Å². The zero-order valence-corrected chi connectivity index (χ0v) is 12.7. The Morgan fingerprint density at radius 3 is 2.95 bits per heavy atom. The maximum atomic E-state index is 6.19. The minimum absolute atomic E-state index is 0.727. The number of hydrogen-bond acceptors (Lipinski definition) is 3. The highest BCUT2D eigenvalue weighted by Gasteiger charge is 2.06. The van der Waals surface area contributed by atoms with E-state index in [0.717, 1.165) is 48.1 Å². The fraction of sp³-hybridized carbons (Fsp3) is 0.400. The Kier molecular flexibility index (Phi) is 5.59. The van der Waals surface area contributed by atoms with E-state index >= 15 is 0 Å². The SMILES string of the molecule is COCCNCCn1cncc1-c1ccc(C)c(Cl)c1. The number of nitrogens with zero attached hydrogens (tertiary/aromatic N) is 2. The summed E-state index contributed by atoms with van der Waals surface area (Å²) in [5, 5.41) is 4.11. The topological polar surface area (TPSA) is 39.1 Å². The summed E-state index contributed by atoms with van der Waals surface area (Å²) in [6, 6.07) is 6.10.